The summed E-state index contributed by atoms with van der Waals surface area (Å²) in [5, 5.41) is 0. The molecule has 0 N–H and O–H groups in total. The quantitative estimate of drug-likeness (QED) is 0.810. The van der Waals surface area contributed by atoms with Crippen LogP contribution in [0.5, 0.6) is 5.75 Å². The summed E-state index contributed by atoms with van der Waals surface area (Å²) in [6.45, 7) is 0.151. The number of alkyl halides is 2. The number of β-lactam (4-membered cyclic amide) rings is 1. The van der Waals surface area contributed by atoms with Gasteiger partial charge in [0, 0.05) is 6.54 Å². The Morgan fingerprint density at radius 3 is 2.32 bits per heavy atom. The molecule has 0 bridgehead atoms. The largest absolute Gasteiger partial charge is 0.497 e. The maximum atomic E-state index is 13.9. The Morgan fingerprint density at radius 1 is 1.09 bits per heavy atom. The zero-order chi connectivity index (χ0) is 15.7. The Labute approximate surface area is 127 Å². The average Bonchev–Trinajstić information content (AvgIpc) is 2.55. The van der Waals surface area contributed by atoms with Crippen molar-refractivity contribution in [3.63, 3.8) is 0 Å². The van der Waals surface area contributed by atoms with Crippen LogP contribution in [0.4, 0.5) is 8.78 Å². The smallest absolute Gasteiger partial charge is 0.348 e. The highest BCUT2D eigenvalue weighted by atomic mass is 19.3. The molecule has 22 heavy (non-hydrogen) atoms. The molecule has 0 spiro atoms. The highest BCUT2D eigenvalue weighted by molar-refractivity contribution is 5.91. The fourth-order valence-electron chi connectivity index (χ4n) is 2.67. The molecule has 1 amide bonds. The third kappa shape index (κ3) is 2.32. The van der Waals surface area contributed by atoms with Crippen molar-refractivity contribution >= 4 is 5.91 Å². The monoisotopic (exact) mass is 303 g/mol. The van der Waals surface area contributed by atoms with E-state index >= 15 is 0 Å². The molecule has 1 fully saturated rings. The predicted molar refractivity (Wildman–Crippen MR) is 77.7 cm³/mol. The minimum atomic E-state index is -3.34. The van der Waals surface area contributed by atoms with Crippen molar-refractivity contribution in [2.45, 2.75) is 18.5 Å². The zero-order valence-corrected chi connectivity index (χ0v) is 12.0. The Hall–Kier alpha value is -2.43. The van der Waals surface area contributed by atoms with Crippen molar-refractivity contribution < 1.29 is 18.3 Å². The zero-order valence-electron chi connectivity index (χ0n) is 12.0. The van der Waals surface area contributed by atoms with E-state index in [2.05, 4.69) is 0 Å². The fourth-order valence-corrected chi connectivity index (χ4v) is 2.67. The third-order valence-corrected chi connectivity index (χ3v) is 3.83. The van der Waals surface area contributed by atoms with E-state index < -0.39 is 17.9 Å². The van der Waals surface area contributed by atoms with Gasteiger partial charge in [-0.15, -0.1) is 0 Å². The first-order chi connectivity index (χ1) is 10.5. The Kier molecular flexibility index (Phi) is 3.56. The van der Waals surface area contributed by atoms with E-state index in [4.69, 9.17) is 4.74 Å². The van der Waals surface area contributed by atoms with Crippen molar-refractivity contribution in [3.8, 4) is 5.75 Å². The lowest BCUT2D eigenvalue weighted by molar-refractivity contribution is -0.207. The van der Waals surface area contributed by atoms with Crippen LogP contribution in [0.3, 0.4) is 0 Å². The van der Waals surface area contributed by atoms with Crippen LogP contribution in [0, 0.1) is 0 Å². The number of hydrogen-bond acceptors (Lipinski definition) is 2. The molecule has 0 aliphatic carbocycles. The molecule has 3 rings (SSSR count). The highest BCUT2D eigenvalue weighted by Crippen LogP contribution is 2.47. The molecule has 0 aromatic heterocycles. The standard InChI is InChI=1S/C17H15F2NO2/c1-22-14-9-7-12(8-10-14)11-20-15(17(18,19)16(20)21)13-5-3-2-4-6-13/h2-10,15H,11H2,1H3/t15-/m0/s1. The van der Waals surface area contributed by atoms with Gasteiger partial charge in [0.2, 0.25) is 0 Å². The second-order valence-electron chi connectivity index (χ2n) is 5.22. The van der Waals surface area contributed by atoms with Crippen molar-refractivity contribution in [1.29, 1.82) is 0 Å². The van der Waals surface area contributed by atoms with Gasteiger partial charge in [-0.2, -0.15) is 8.78 Å². The molecule has 1 heterocycles. The third-order valence-electron chi connectivity index (χ3n) is 3.83. The second-order valence-corrected chi connectivity index (χ2v) is 5.22. The second kappa shape index (κ2) is 5.40. The molecule has 114 valence electrons. The number of carbonyl (C=O) groups excluding carboxylic acids is 1. The Bertz CT molecular complexity index is 671. The van der Waals surface area contributed by atoms with Crippen LogP contribution in [0.25, 0.3) is 0 Å². The summed E-state index contributed by atoms with van der Waals surface area (Å²) in [7, 11) is 1.56. The van der Waals surface area contributed by atoms with Gasteiger partial charge in [-0.05, 0) is 23.3 Å². The molecule has 1 saturated heterocycles. The maximum absolute atomic E-state index is 13.9. The van der Waals surface area contributed by atoms with Crippen molar-refractivity contribution in [2.24, 2.45) is 0 Å². The first-order valence-corrected chi connectivity index (χ1v) is 6.91. The number of methoxy groups -OCH3 is 1. The van der Waals surface area contributed by atoms with Gasteiger partial charge in [-0.1, -0.05) is 42.5 Å². The number of rotatable bonds is 4. The van der Waals surface area contributed by atoms with Crippen LogP contribution >= 0.6 is 0 Å². The van der Waals surface area contributed by atoms with Crippen LogP contribution in [0.2, 0.25) is 0 Å². The van der Waals surface area contributed by atoms with Crippen molar-refractivity contribution in [3.05, 3.63) is 65.7 Å². The summed E-state index contributed by atoms with van der Waals surface area (Å²) in [4.78, 5) is 13.0. The number of carbonyl (C=O) groups is 1. The normalized spacial score (nSPS) is 19.7. The van der Waals surface area contributed by atoms with Gasteiger partial charge in [-0.25, -0.2) is 0 Å². The van der Waals surface area contributed by atoms with Gasteiger partial charge in [0.05, 0.1) is 7.11 Å². The van der Waals surface area contributed by atoms with Gasteiger partial charge in [0.15, 0.2) is 0 Å². The molecule has 2 aromatic carbocycles. The predicted octanol–water partition coefficient (Wildman–Crippen LogP) is 3.41. The fraction of sp³-hybridized carbons (Fsp3) is 0.235. The van der Waals surface area contributed by atoms with Crippen LogP contribution in [-0.4, -0.2) is 23.8 Å². The summed E-state index contributed by atoms with van der Waals surface area (Å²) in [5.74, 6) is -3.78. The van der Waals surface area contributed by atoms with Gasteiger partial charge < -0.3 is 9.64 Å². The lowest BCUT2D eigenvalue weighted by Gasteiger charge is -2.46. The molecule has 0 saturated carbocycles. The van der Waals surface area contributed by atoms with Crippen LogP contribution < -0.4 is 4.74 Å². The number of halogens is 2. The number of hydrogen-bond donors (Lipinski definition) is 0. The average molecular weight is 303 g/mol. The van der Waals surface area contributed by atoms with E-state index in [0.717, 1.165) is 5.56 Å². The number of ether oxygens (including phenoxy) is 1. The van der Waals surface area contributed by atoms with Gasteiger partial charge in [0.25, 0.3) is 5.91 Å². The van der Waals surface area contributed by atoms with E-state index in [1.54, 1.807) is 61.7 Å². The summed E-state index contributed by atoms with van der Waals surface area (Å²) in [6, 6.07) is 14.2. The first-order valence-electron chi connectivity index (χ1n) is 6.91. The minimum absolute atomic E-state index is 0.151. The van der Waals surface area contributed by atoms with E-state index in [0.29, 0.717) is 11.3 Å². The van der Waals surface area contributed by atoms with Crippen LogP contribution in [-0.2, 0) is 11.3 Å². The summed E-state index contributed by atoms with van der Waals surface area (Å²) in [6.07, 6.45) is 0. The molecule has 2 aromatic rings. The van der Waals surface area contributed by atoms with Crippen LogP contribution in [0.15, 0.2) is 54.6 Å². The molecule has 0 radical (unpaired) electrons. The minimum Gasteiger partial charge on any atom is -0.497 e. The molecule has 1 aliphatic rings. The van der Waals surface area contributed by atoms with Crippen molar-refractivity contribution in [1.82, 2.24) is 4.90 Å². The molecule has 0 unspecified atom stereocenters. The van der Waals surface area contributed by atoms with E-state index in [1.807, 2.05) is 0 Å². The van der Waals surface area contributed by atoms with Gasteiger partial charge in [0.1, 0.15) is 11.8 Å². The first kappa shape index (κ1) is 14.5. The summed E-state index contributed by atoms with van der Waals surface area (Å²) < 4.78 is 32.9. The molecule has 1 atom stereocenters. The number of likely N-dealkylation sites (tertiary alicyclic amines) is 1. The summed E-state index contributed by atoms with van der Waals surface area (Å²) in [5.41, 5.74) is 1.23. The van der Waals surface area contributed by atoms with Crippen molar-refractivity contribution in [2.75, 3.05) is 7.11 Å². The maximum Gasteiger partial charge on any atom is 0.348 e. The molecular formula is C17H15F2NO2. The SMILES string of the molecule is COc1ccc(CN2C(=O)C(F)(F)[C@@H]2c2ccccc2)cc1. The topological polar surface area (TPSA) is 29.5 Å². The Morgan fingerprint density at radius 2 is 1.73 bits per heavy atom. The lowest BCUT2D eigenvalue weighted by Crippen LogP contribution is -2.63. The molecular weight excluding hydrogens is 288 g/mol. The lowest BCUT2D eigenvalue weighted by atomic mass is 9.89. The molecule has 5 heteroatoms. The number of amides is 1. The van der Waals surface area contributed by atoms with Gasteiger partial charge >= 0.3 is 5.92 Å². The number of benzene rings is 2. The number of nitrogens with zero attached hydrogens (tertiary/aromatic N) is 1. The Balaban J connectivity index is 1.83. The van der Waals surface area contributed by atoms with Crippen LogP contribution in [0.1, 0.15) is 17.2 Å². The molecule has 1 aliphatic heterocycles. The summed E-state index contributed by atoms with van der Waals surface area (Å²) >= 11 is 0. The van der Waals surface area contributed by atoms with E-state index in [1.165, 1.54) is 4.90 Å². The highest BCUT2D eigenvalue weighted by Gasteiger charge is 2.63. The van der Waals surface area contributed by atoms with Gasteiger partial charge in [-0.3, -0.25) is 4.79 Å². The molecule has 3 nitrogen and oxygen atoms in total. The van der Waals surface area contributed by atoms with E-state index in [-0.39, 0.29) is 6.54 Å². The van der Waals surface area contributed by atoms with E-state index in [9.17, 15) is 13.6 Å².